The maximum absolute atomic E-state index is 12.4. The fourth-order valence-corrected chi connectivity index (χ4v) is 2.84. The highest BCUT2D eigenvalue weighted by Gasteiger charge is 2.20. The molecule has 8 nitrogen and oxygen atoms in total. The molecule has 2 aromatic rings. The topological polar surface area (TPSA) is 95.1 Å². The van der Waals surface area contributed by atoms with Crippen LogP contribution in [0.25, 0.3) is 0 Å². The van der Waals surface area contributed by atoms with E-state index in [1.54, 1.807) is 25.1 Å². The van der Waals surface area contributed by atoms with Crippen molar-refractivity contribution in [2.45, 2.75) is 13.0 Å². The van der Waals surface area contributed by atoms with Crippen LogP contribution in [0.2, 0.25) is 5.02 Å². The number of methoxy groups -OCH3 is 4. The number of nitrogens with one attached hydrogen (secondary N) is 2. The molecule has 0 fully saturated rings. The molecule has 2 aromatic carbocycles. The van der Waals surface area contributed by atoms with Crippen LogP contribution in [0.15, 0.2) is 30.3 Å². The fourth-order valence-electron chi connectivity index (χ4n) is 2.60. The van der Waals surface area contributed by atoms with E-state index in [1.165, 1.54) is 40.6 Å². The SMILES string of the molecule is COc1cc(NC(=O)C(=O)NC(C)c2ccc(OC)c(OC)c2)c(OC)cc1Cl. The third kappa shape index (κ3) is 5.23. The molecule has 0 aromatic heterocycles. The lowest BCUT2D eigenvalue weighted by Gasteiger charge is -2.17. The summed E-state index contributed by atoms with van der Waals surface area (Å²) in [5.41, 5.74) is 1.00. The molecular weight excluding hydrogens is 400 g/mol. The Bertz CT molecular complexity index is 903. The molecule has 1 unspecified atom stereocenters. The van der Waals surface area contributed by atoms with Crippen LogP contribution in [-0.2, 0) is 9.59 Å². The molecule has 0 aliphatic rings. The van der Waals surface area contributed by atoms with Crippen molar-refractivity contribution in [2.24, 2.45) is 0 Å². The van der Waals surface area contributed by atoms with Crippen molar-refractivity contribution in [2.75, 3.05) is 33.8 Å². The van der Waals surface area contributed by atoms with Crippen LogP contribution in [0.5, 0.6) is 23.0 Å². The molecule has 0 aliphatic carbocycles. The number of anilines is 1. The summed E-state index contributed by atoms with van der Waals surface area (Å²) in [4.78, 5) is 24.7. The zero-order valence-corrected chi connectivity index (χ0v) is 17.5. The third-order valence-electron chi connectivity index (χ3n) is 4.18. The highest BCUT2D eigenvalue weighted by molar-refractivity contribution is 6.40. The number of carbonyl (C=O) groups excluding carboxylic acids is 2. The lowest BCUT2D eigenvalue weighted by molar-refractivity contribution is -0.136. The Balaban J connectivity index is 2.12. The minimum atomic E-state index is -0.861. The van der Waals surface area contributed by atoms with Crippen LogP contribution < -0.4 is 29.6 Å². The molecule has 0 heterocycles. The second-order valence-electron chi connectivity index (χ2n) is 5.95. The highest BCUT2D eigenvalue weighted by Crippen LogP contribution is 2.36. The summed E-state index contributed by atoms with van der Waals surface area (Å²) in [7, 11) is 5.92. The van der Waals surface area contributed by atoms with E-state index in [9.17, 15) is 9.59 Å². The first-order valence-electron chi connectivity index (χ1n) is 8.59. The zero-order chi connectivity index (χ0) is 21.6. The third-order valence-corrected chi connectivity index (χ3v) is 4.48. The van der Waals surface area contributed by atoms with Crippen molar-refractivity contribution < 1.29 is 28.5 Å². The van der Waals surface area contributed by atoms with E-state index in [2.05, 4.69) is 10.6 Å². The van der Waals surface area contributed by atoms with E-state index in [4.69, 9.17) is 30.5 Å². The molecule has 0 radical (unpaired) electrons. The van der Waals surface area contributed by atoms with Gasteiger partial charge in [0.25, 0.3) is 0 Å². The zero-order valence-electron chi connectivity index (χ0n) is 16.8. The molecule has 1 atom stereocenters. The van der Waals surface area contributed by atoms with E-state index in [1.807, 2.05) is 0 Å². The monoisotopic (exact) mass is 422 g/mol. The van der Waals surface area contributed by atoms with Gasteiger partial charge in [0.1, 0.15) is 11.5 Å². The number of hydrogen-bond donors (Lipinski definition) is 2. The van der Waals surface area contributed by atoms with Gasteiger partial charge < -0.3 is 29.6 Å². The Hall–Kier alpha value is -3.13. The van der Waals surface area contributed by atoms with Gasteiger partial charge >= 0.3 is 11.8 Å². The lowest BCUT2D eigenvalue weighted by Crippen LogP contribution is -2.37. The van der Waals surface area contributed by atoms with Gasteiger partial charge in [-0.3, -0.25) is 9.59 Å². The van der Waals surface area contributed by atoms with Crippen molar-refractivity contribution in [3.8, 4) is 23.0 Å². The highest BCUT2D eigenvalue weighted by atomic mass is 35.5. The minimum Gasteiger partial charge on any atom is -0.495 e. The molecule has 2 rings (SSSR count). The van der Waals surface area contributed by atoms with Gasteiger partial charge in [0.05, 0.1) is 45.2 Å². The molecule has 0 saturated heterocycles. The van der Waals surface area contributed by atoms with Gasteiger partial charge in [-0.1, -0.05) is 17.7 Å². The number of halogens is 1. The maximum Gasteiger partial charge on any atom is 0.313 e. The molecule has 2 N–H and O–H groups in total. The van der Waals surface area contributed by atoms with Gasteiger partial charge in [-0.05, 0) is 24.6 Å². The molecule has 0 saturated carbocycles. The summed E-state index contributed by atoms with van der Waals surface area (Å²) in [6.45, 7) is 1.75. The van der Waals surface area contributed by atoms with Crippen molar-refractivity contribution in [3.05, 3.63) is 40.9 Å². The van der Waals surface area contributed by atoms with Gasteiger partial charge in [-0.15, -0.1) is 0 Å². The second kappa shape index (κ2) is 9.88. The summed E-state index contributed by atoms with van der Waals surface area (Å²) < 4.78 is 20.8. The van der Waals surface area contributed by atoms with E-state index in [0.29, 0.717) is 28.0 Å². The first kappa shape index (κ1) is 22.2. The molecular formula is C20H23ClN2O6. The number of rotatable bonds is 7. The number of carbonyl (C=O) groups is 2. The van der Waals surface area contributed by atoms with Crippen LogP contribution in [0.1, 0.15) is 18.5 Å². The van der Waals surface area contributed by atoms with Crippen LogP contribution in [0.3, 0.4) is 0 Å². The Labute approximate surface area is 174 Å². The van der Waals surface area contributed by atoms with Crippen LogP contribution in [0, 0.1) is 0 Å². The Morgan fingerprint density at radius 1 is 0.828 bits per heavy atom. The Kier molecular flexibility index (Phi) is 7.55. The standard InChI is InChI=1S/C20H23ClN2O6/c1-11(12-6-7-15(26-2)18(8-12)29-5)22-19(24)20(25)23-14-10-16(27-3)13(21)9-17(14)28-4/h6-11H,1-5H3,(H,22,24)(H,23,25). The van der Waals surface area contributed by atoms with Gasteiger partial charge in [0, 0.05) is 12.1 Å². The van der Waals surface area contributed by atoms with Crippen molar-refractivity contribution in [1.82, 2.24) is 5.32 Å². The number of amides is 2. The smallest absolute Gasteiger partial charge is 0.313 e. The number of benzene rings is 2. The average molecular weight is 423 g/mol. The quantitative estimate of drug-likeness (QED) is 0.665. The minimum absolute atomic E-state index is 0.257. The van der Waals surface area contributed by atoms with Crippen molar-refractivity contribution in [1.29, 1.82) is 0 Å². The molecule has 0 spiro atoms. The van der Waals surface area contributed by atoms with Gasteiger partial charge in [0.15, 0.2) is 11.5 Å². The summed E-state index contributed by atoms with van der Waals surface area (Å²) in [5, 5.41) is 5.45. The van der Waals surface area contributed by atoms with Crippen molar-refractivity contribution >= 4 is 29.1 Å². The number of hydrogen-bond acceptors (Lipinski definition) is 6. The van der Waals surface area contributed by atoms with E-state index < -0.39 is 17.9 Å². The molecule has 29 heavy (non-hydrogen) atoms. The summed E-state index contributed by atoms with van der Waals surface area (Å²) in [6.07, 6.45) is 0. The van der Waals surface area contributed by atoms with Gasteiger partial charge in [-0.25, -0.2) is 0 Å². The van der Waals surface area contributed by atoms with Gasteiger partial charge in [0.2, 0.25) is 0 Å². The summed E-state index contributed by atoms with van der Waals surface area (Å²) in [6, 6.07) is 7.74. The van der Waals surface area contributed by atoms with E-state index >= 15 is 0 Å². The molecule has 156 valence electrons. The fraction of sp³-hybridized carbons (Fsp3) is 0.300. The molecule has 0 bridgehead atoms. The molecule has 2 amide bonds. The Morgan fingerprint density at radius 2 is 1.45 bits per heavy atom. The largest absolute Gasteiger partial charge is 0.495 e. The Morgan fingerprint density at radius 3 is 2.03 bits per heavy atom. The first-order chi connectivity index (χ1) is 13.8. The maximum atomic E-state index is 12.4. The van der Waals surface area contributed by atoms with Crippen LogP contribution in [0.4, 0.5) is 5.69 Å². The normalized spacial score (nSPS) is 11.2. The predicted octanol–water partition coefficient (Wildman–Crippen LogP) is 3.19. The van der Waals surface area contributed by atoms with E-state index in [0.717, 1.165) is 5.56 Å². The van der Waals surface area contributed by atoms with Crippen molar-refractivity contribution in [3.63, 3.8) is 0 Å². The van der Waals surface area contributed by atoms with Crippen LogP contribution in [-0.4, -0.2) is 40.3 Å². The molecule has 0 aliphatic heterocycles. The van der Waals surface area contributed by atoms with Crippen LogP contribution >= 0.6 is 11.6 Å². The summed E-state index contributed by atoms with van der Waals surface area (Å²) in [5.74, 6) is 0.0415. The lowest BCUT2D eigenvalue weighted by atomic mass is 10.1. The van der Waals surface area contributed by atoms with Gasteiger partial charge in [-0.2, -0.15) is 0 Å². The average Bonchev–Trinajstić information content (AvgIpc) is 2.73. The summed E-state index contributed by atoms with van der Waals surface area (Å²) >= 11 is 6.05. The predicted molar refractivity (Wildman–Crippen MR) is 109 cm³/mol. The number of ether oxygens (including phenoxy) is 4. The molecule has 9 heteroatoms. The first-order valence-corrected chi connectivity index (χ1v) is 8.97. The second-order valence-corrected chi connectivity index (χ2v) is 6.36. The van der Waals surface area contributed by atoms with E-state index in [-0.39, 0.29) is 5.69 Å².